The summed E-state index contributed by atoms with van der Waals surface area (Å²) in [6.45, 7) is 3.88. The van der Waals surface area contributed by atoms with E-state index < -0.39 is 0 Å². The molecule has 26 heavy (non-hydrogen) atoms. The van der Waals surface area contributed by atoms with Gasteiger partial charge in [0.2, 0.25) is 5.91 Å². The Morgan fingerprint density at radius 3 is 2.46 bits per heavy atom. The first-order valence-corrected chi connectivity index (χ1v) is 9.79. The van der Waals surface area contributed by atoms with Crippen molar-refractivity contribution in [3.05, 3.63) is 66.0 Å². The van der Waals surface area contributed by atoms with Crippen LogP contribution in [0.5, 0.6) is 0 Å². The molecule has 2 aliphatic heterocycles. The van der Waals surface area contributed by atoms with Crippen LogP contribution in [-0.4, -0.2) is 40.3 Å². The van der Waals surface area contributed by atoms with Crippen LogP contribution in [-0.2, 0) is 11.3 Å². The summed E-state index contributed by atoms with van der Waals surface area (Å²) in [5, 5.41) is 0. The third-order valence-electron chi connectivity index (χ3n) is 5.75. The van der Waals surface area contributed by atoms with E-state index in [9.17, 15) is 4.79 Å². The summed E-state index contributed by atoms with van der Waals surface area (Å²) in [7, 11) is 0. The lowest BCUT2D eigenvalue weighted by molar-refractivity contribution is -0.138. The zero-order valence-electron chi connectivity index (χ0n) is 15.3. The summed E-state index contributed by atoms with van der Waals surface area (Å²) in [4.78, 5) is 22.2. The predicted molar refractivity (Wildman–Crippen MR) is 102 cm³/mol. The third kappa shape index (κ3) is 3.80. The number of carbonyl (C=O) groups is 1. The quantitative estimate of drug-likeness (QED) is 0.845. The van der Waals surface area contributed by atoms with E-state index in [0.29, 0.717) is 5.91 Å². The van der Waals surface area contributed by atoms with Gasteiger partial charge >= 0.3 is 0 Å². The summed E-state index contributed by atoms with van der Waals surface area (Å²) in [6.07, 6.45) is 5.89. The first kappa shape index (κ1) is 17.2. The van der Waals surface area contributed by atoms with E-state index in [1.807, 2.05) is 18.3 Å². The number of pyridine rings is 1. The number of aromatic nitrogens is 1. The molecule has 0 radical (unpaired) electrons. The van der Waals surface area contributed by atoms with Gasteiger partial charge in [-0.3, -0.25) is 14.7 Å². The van der Waals surface area contributed by atoms with Crippen molar-refractivity contribution >= 4 is 5.91 Å². The predicted octanol–water partition coefficient (Wildman–Crippen LogP) is 3.66. The van der Waals surface area contributed by atoms with Gasteiger partial charge in [0.25, 0.3) is 0 Å². The van der Waals surface area contributed by atoms with Gasteiger partial charge in [0.05, 0.1) is 11.7 Å². The second-order valence-corrected chi connectivity index (χ2v) is 7.48. The standard InChI is InChI=1S/C22H27N3O/c26-22(25-14-6-10-21(25)20-9-4-5-13-23-20)19-11-15-24(16-12-19)17-18-7-2-1-3-8-18/h1-5,7-9,13,19,21H,6,10-12,14-17H2/t21-/m1/s1. The second-order valence-electron chi connectivity index (χ2n) is 7.48. The molecule has 0 bridgehead atoms. The summed E-state index contributed by atoms with van der Waals surface area (Å²) >= 11 is 0. The Morgan fingerprint density at radius 2 is 1.73 bits per heavy atom. The summed E-state index contributed by atoms with van der Waals surface area (Å²) in [6, 6.07) is 16.8. The number of rotatable bonds is 4. The molecule has 0 N–H and O–H groups in total. The number of carbonyl (C=O) groups excluding carboxylic acids is 1. The van der Waals surface area contributed by atoms with Crippen molar-refractivity contribution in [2.24, 2.45) is 5.92 Å². The van der Waals surface area contributed by atoms with Crippen LogP contribution in [0, 0.1) is 5.92 Å². The molecule has 4 nitrogen and oxygen atoms in total. The minimum absolute atomic E-state index is 0.172. The van der Waals surface area contributed by atoms with Crippen molar-refractivity contribution in [1.29, 1.82) is 0 Å². The molecule has 2 aromatic rings. The van der Waals surface area contributed by atoms with E-state index in [4.69, 9.17) is 0 Å². The zero-order chi connectivity index (χ0) is 17.8. The van der Waals surface area contributed by atoms with E-state index in [2.05, 4.69) is 51.2 Å². The van der Waals surface area contributed by atoms with Crippen molar-refractivity contribution in [2.45, 2.75) is 38.3 Å². The molecule has 1 aromatic carbocycles. The number of hydrogen-bond acceptors (Lipinski definition) is 3. The number of likely N-dealkylation sites (tertiary alicyclic amines) is 2. The van der Waals surface area contributed by atoms with Gasteiger partial charge in [-0.25, -0.2) is 0 Å². The molecule has 136 valence electrons. The topological polar surface area (TPSA) is 36.4 Å². The Balaban J connectivity index is 1.34. The minimum atomic E-state index is 0.172. The van der Waals surface area contributed by atoms with Crippen molar-refractivity contribution in [1.82, 2.24) is 14.8 Å². The fourth-order valence-corrected chi connectivity index (χ4v) is 4.33. The van der Waals surface area contributed by atoms with Gasteiger partial charge in [-0.2, -0.15) is 0 Å². The third-order valence-corrected chi connectivity index (χ3v) is 5.75. The molecule has 1 aromatic heterocycles. The van der Waals surface area contributed by atoms with E-state index in [-0.39, 0.29) is 12.0 Å². The summed E-state index contributed by atoms with van der Waals surface area (Å²) in [5.41, 5.74) is 2.40. The summed E-state index contributed by atoms with van der Waals surface area (Å²) in [5.74, 6) is 0.517. The average Bonchev–Trinajstić information content (AvgIpc) is 3.19. The maximum Gasteiger partial charge on any atom is 0.226 e. The fourth-order valence-electron chi connectivity index (χ4n) is 4.33. The average molecular weight is 349 g/mol. The minimum Gasteiger partial charge on any atom is -0.334 e. The highest BCUT2D eigenvalue weighted by atomic mass is 16.2. The molecular weight excluding hydrogens is 322 g/mol. The molecule has 0 unspecified atom stereocenters. The molecule has 2 fully saturated rings. The van der Waals surface area contributed by atoms with Crippen molar-refractivity contribution in [3.63, 3.8) is 0 Å². The smallest absolute Gasteiger partial charge is 0.226 e. The van der Waals surface area contributed by atoms with Gasteiger partial charge in [0, 0.05) is 25.2 Å². The molecule has 1 atom stereocenters. The molecule has 0 spiro atoms. The number of benzene rings is 1. The van der Waals surface area contributed by atoms with Crippen molar-refractivity contribution in [2.75, 3.05) is 19.6 Å². The van der Waals surface area contributed by atoms with Crippen LogP contribution < -0.4 is 0 Å². The van der Waals surface area contributed by atoms with Crippen LogP contribution in [0.3, 0.4) is 0 Å². The zero-order valence-corrected chi connectivity index (χ0v) is 15.3. The van der Waals surface area contributed by atoms with Crippen LogP contribution in [0.4, 0.5) is 0 Å². The SMILES string of the molecule is O=C(C1CCN(Cc2ccccc2)CC1)N1CCC[C@@H]1c1ccccn1. The molecule has 4 heteroatoms. The molecule has 1 amide bonds. The molecule has 2 aliphatic rings. The second kappa shape index (κ2) is 8.00. The van der Waals surface area contributed by atoms with Crippen LogP contribution in [0.15, 0.2) is 54.7 Å². The molecule has 0 aliphatic carbocycles. The Labute approximate surface area is 155 Å². The number of amides is 1. The van der Waals surface area contributed by atoms with Crippen LogP contribution >= 0.6 is 0 Å². The highest BCUT2D eigenvalue weighted by Crippen LogP contribution is 2.33. The van der Waals surface area contributed by atoms with Gasteiger partial charge < -0.3 is 4.90 Å². The van der Waals surface area contributed by atoms with Crippen molar-refractivity contribution < 1.29 is 4.79 Å². The van der Waals surface area contributed by atoms with E-state index in [1.165, 1.54) is 5.56 Å². The van der Waals surface area contributed by atoms with E-state index in [1.54, 1.807) is 0 Å². The Morgan fingerprint density at radius 1 is 0.962 bits per heavy atom. The van der Waals surface area contributed by atoms with Gasteiger partial charge in [-0.15, -0.1) is 0 Å². The molecule has 0 saturated carbocycles. The maximum atomic E-state index is 13.1. The molecule has 3 heterocycles. The number of hydrogen-bond donors (Lipinski definition) is 0. The van der Waals surface area contributed by atoms with Gasteiger partial charge in [-0.05, 0) is 56.5 Å². The fraction of sp³-hybridized carbons (Fsp3) is 0.455. The van der Waals surface area contributed by atoms with Gasteiger partial charge in [-0.1, -0.05) is 36.4 Å². The first-order chi connectivity index (χ1) is 12.8. The highest BCUT2D eigenvalue weighted by Gasteiger charge is 2.35. The Hall–Kier alpha value is -2.20. The van der Waals surface area contributed by atoms with E-state index in [0.717, 1.165) is 57.6 Å². The van der Waals surface area contributed by atoms with Crippen LogP contribution in [0.2, 0.25) is 0 Å². The molecule has 4 rings (SSSR count). The molecule has 2 saturated heterocycles. The Kier molecular flexibility index (Phi) is 5.30. The lowest BCUT2D eigenvalue weighted by Gasteiger charge is -2.34. The first-order valence-electron chi connectivity index (χ1n) is 9.79. The highest BCUT2D eigenvalue weighted by molar-refractivity contribution is 5.79. The Bertz CT molecular complexity index is 711. The summed E-state index contributed by atoms with van der Waals surface area (Å²) < 4.78 is 0. The van der Waals surface area contributed by atoms with E-state index >= 15 is 0 Å². The van der Waals surface area contributed by atoms with Crippen LogP contribution in [0.1, 0.15) is 43.0 Å². The largest absolute Gasteiger partial charge is 0.334 e. The normalized spacial score (nSPS) is 21.8. The number of piperidine rings is 1. The number of nitrogens with zero attached hydrogens (tertiary/aromatic N) is 3. The lowest BCUT2D eigenvalue weighted by atomic mass is 9.94. The van der Waals surface area contributed by atoms with Crippen LogP contribution in [0.25, 0.3) is 0 Å². The van der Waals surface area contributed by atoms with Gasteiger partial charge in [0.1, 0.15) is 0 Å². The molecular formula is C22H27N3O. The van der Waals surface area contributed by atoms with Crippen molar-refractivity contribution in [3.8, 4) is 0 Å². The monoisotopic (exact) mass is 349 g/mol. The van der Waals surface area contributed by atoms with Gasteiger partial charge in [0.15, 0.2) is 0 Å². The maximum absolute atomic E-state index is 13.1. The lowest BCUT2D eigenvalue weighted by Crippen LogP contribution is -2.42.